The molecule has 0 saturated carbocycles. The molecular weight excluding hydrogens is 222 g/mol. The van der Waals surface area contributed by atoms with Crippen molar-refractivity contribution in [3.8, 4) is 0 Å². The van der Waals surface area contributed by atoms with Crippen molar-refractivity contribution >= 4 is 17.5 Å². The third-order valence-corrected chi connectivity index (χ3v) is 1.97. The molecule has 1 amide bonds. The smallest absolute Gasteiger partial charge is 0.219 e. The summed E-state index contributed by atoms with van der Waals surface area (Å²) in [5, 5.41) is 3.03. The first kappa shape index (κ1) is 13.2. The highest BCUT2D eigenvalue weighted by Crippen LogP contribution is 2.11. The molecule has 17 heavy (non-hydrogen) atoms. The predicted molar refractivity (Wildman–Crippen MR) is 64.1 cm³/mol. The van der Waals surface area contributed by atoms with E-state index >= 15 is 0 Å². The summed E-state index contributed by atoms with van der Waals surface area (Å²) in [6.07, 6.45) is 0.226. The average molecular weight is 239 g/mol. The zero-order valence-corrected chi connectivity index (χ0v) is 9.93. The van der Waals surface area contributed by atoms with Crippen molar-refractivity contribution in [2.24, 2.45) is 5.73 Å². The summed E-state index contributed by atoms with van der Waals surface area (Å²) in [4.78, 5) is 18.9. The van der Waals surface area contributed by atoms with Gasteiger partial charge in [-0.1, -0.05) is 0 Å². The van der Waals surface area contributed by atoms with Gasteiger partial charge in [0.05, 0.1) is 0 Å². The Morgan fingerprint density at radius 2 is 2.29 bits per heavy atom. The number of nitrogens with zero attached hydrogens (tertiary/aromatic N) is 2. The Hall–Kier alpha value is -1.89. The second-order valence-corrected chi connectivity index (χ2v) is 3.74. The van der Waals surface area contributed by atoms with Crippen molar-refractivity contribution in [3.05, 3.63) is 11.9 Å². The number of amides is 1. The summed E-state index contributed by atoms with van der Waals surface area (Å²) < 4.78 is 4.92. The van der Waals surface area contributed by atoms with Gasteiger partial charge in [-0.2, -0.15) is 0 Å². The molecule has 0 aliphatic heterocycles. The van der Waals surface area contributed by atoms with Gasteiger partial charge in [0.2, 0.25) is 5.91 Å². The van der Waals surface area contributed by atoms with Gasteiger partial charge in [-0.15, -0.1) is 0 Å². The number of rotatable bonds is 6. The van der Waals surface area contributed by atoms with E-state index in [9.17, 15) is 4.79 Å². The molecule has 1 unspecified atom stereocenters. The molecule has 0 aromatic carbocycles. The van der Waals surface area contributed by atoms with E-state index in [0.29, 0.717) is 17.5 Å². The molecule has 1 aromatic rings. The normalized spacial score (nSPS) is 12.1. The lowest BCUT2D eigenvalue weighted by molar-refractivity contribution is -0.118. The molecule has 7 nitrogen and oxygen atoms in total. The number of hydrogen-bond donors (Lipinski definition) is 3. The van der Waals surface area contributed by atoms with Crippen molar-refractivity contribution < 1.29 is 9.53 Å². The minimum Gasteiger partial charge on any atom is -0.384 e. The van der Waals surface area contributed by atoms with Crippen LogP contribution in [-0.2, 0) is 16.1 Å². The third kappa shape index (κ3) is 4.64. The second kappa shape index (κ2) is 6.00. The Bertz CT molecular complexity index is 396. The van der Waals surface area contributed by atoms with Crippen molar-refractivity contribution in [1.82, 2.24) is 9.97 Å². The molecule has 0 bridgehead atoms. The number of aromatic nitrogens is 2. The van der Waals surface area contributed by atoms with Gasteiger partial charge in [-0.3, -0.25) is 4.79 Å². The predicted octanol–water partition coefficient (Wildman–Crippen LogP) is -0.119. The van der Waals surface area contributed by atoms with Crippen molar-refractivity contribution in [2.75, 3.05) is 18.2 Å². The number of nitrogens with one attached hydrogen (secondary N) is 1. The molecule has 94 valence electrons. The first-order valence-corrected chi connectivity index (χ1v) is 5.18. The van der Waals surface area contributed by atoms with Crippen molar-refractivity contribution in [2.45, 2.75) is 26.0 Å². The number of carbonyl (C=O) groups excluding carboxylic acids is 1. The zero-order valence-electron chi connectivity index (χ0n) is 9.93. The van der Waals surface area contributed by atoms with E-state index in [1.54, 1.807) is 13.2 Å². The summed E-state index contributed by atoms with van der Waals surface area (Å²) in [7, 11) is 1.55. The highest BCUT2D eigenvalue weighted by atomic mass is 16.5. The minimum atomic E-state index is -0.371. The first-order chi connectivity index (χ1) is 8.01. The van der Waals surface area contributed by atoms with Crippen LogP contribution in [0.15, 0.2) is 6.07 Å². The number of anilines is 2. The number of nitrogen functional groups attached to an aromatic ring is 1. The SMILES string of the molecule is COCc1nc(N)cc(NC(C)CC(N)=O)n1. The number of nitrogens with two attached hydrogens (primary N) is 2. The van der Waals surface area contributed by atoms with Crippen LogP contribution < -0.4 is 16.8 Å². The van der Waals surface area contributed by atoms with Crippen LogP contribution in [0.3, 0.4) is 0 Å². The maximum atomic E-state index is 10.7. The van der Waals surface area contributed by atoms with Crippen molar-refractivity contribution in [1.29, 1.82) is 0 Å². The number of carbonyl (C=O) groups is 1. The van der Waals surface area contributed by atoms with E-state index in [-0.39, 0.29) is 25.0 Å². The van der Waals surface area contributed by atoms with Gasteiger partial charge in [0.15, 0.2) is 5.82 Å². The van der Waals surface area contributed by atoms with Crippen LogP contribution in [0.2, 0.25) is 0 Å². The Morgan fingerprint density at radius 3 is 2.88 bits per heavy atom. The lowest BCUT2D eigenvalue weighted by Gasteiger charge is -2.13. The van der Waals surface area contributed by atoms with E-state index in [1.807, 2.05) is 6.92 Å². The fourth-order valence-corrected chi connectivity index (χ4v) is 1.39. The van der Waals surface area contributed by atoms with Crippen LogP contribution in [0.1, 0.15) is 19.2 Å². The number of methoxy groups -OCH3 is 1. The monoisotopic (exact) mass is 239 g/mol. The largest absolute Gasteiger partial charge is 0.384 e. The van der Waals surface area contributed by atoms with Crippen LogP contribution in [-0.4, -0.2) is 29.0 Å². The zero-order chi connectivity index (χ0) is 12.8. The summed E-state index contributed by atoms with van der Waals surface area (Å²) in [5.74, 6) is 1.02. The van der Waals surface area contributed by atoms with Crippen LogP contribution in [0.5, 0.6) is 0 Å². The van der Waals surface area contributed by atoms with E-state index in [4.69, 9.17) is 16.2 Å². The van der Waals surface area contributed by atoms with E-state index in [2.05, 4.69) is 15.3 Å². The fraction of sp³-hybridized carbons (Fsp3) is 0.500. The van der Waals surface area contributed by atoms with Crippen LogP contribution in [0, 0.1) is 0 Å². The highest BCUT2D eigenvalue weighted by Gasteiger charge is 2.08. The molecule has 0 spiro atoms. The molecule has 0 aliphatic rings. The highest BCUT2D eigenvalue weighted by molar-refractivity contribution is 5.74. The summed E-state index contributed by atoms with van der Waals surface area (Å²) in [6, 6.07) is 1.48. The topological polar surface area (TPSA) is 116 Å². The Labute approximate surface area is 99.6 Å². The molecule has 1 rings (SSSR count). The number of primary amides is 1. The summed E-state index contributed by atoms with van der Waals surface area (Å²) in [5.41, 5.74) is 10.7. The van der Waals surface area contributed by atoms with Crippen LogP contribution in [0.4, 0.5) is 11.6 Å². The molecular formula is C10H17N5O2. The summed E-state index contributed by atoms with van der Waals surface area (Å²) >= 11 is 0. The molecule has 0 radical (unpaired) electrons. The number of ether oxygens (including phenoxy) is 1. The van der Waals surface area contributed by atoms with Gasteiger partial charge in [-0.25, -0.2) is 9.97 Å². The molecule has 0 saturated heterocycles. The molecule has 1 atom stereocenters. The second-order valence-electron chi connectivity index (χ2n) is 3.74. The molecule has 1 aromatic heterocycles. The Balaban J connectivity index is 2.72. The maximum Gasteiger partial charge on any atom is 0.219 e. The van der Waals surface area contributed by atoms with Gasteiger partial charge < -0.3 is 21.5 Å². The summed E-state index contributed by atoms with van der Waals surface area (Å²) in [6.45, 7) is 2.11. The van der Waals surface area contributed by atoms with E-state index in [0.717, 1.165) is 0 Å². The lowest BCUT2D eigenvalue weighted by atomic mass is 10.2. The van der Waals surface area contributed by atoms with Gasteiger partial charge >= 0.3 is 0 Å². The quantitative estimate of drug-likeness (QED) is 0.637. The Morgan fingerprint density at radius 1 is 1.59 bits per heavy atom. The number of hydrogen-bond acceptors (Lipinski definition) is 6. The van der Waals surface area contributed by atoms with E-state index in [1.165, 1.54) is 0 Å². The lowest BCUT2D eigenvalue weighted by Crippen LogP contribution is -2.24. The molecule has 1 heterocycles. The average Bonchev–Trinajstić information content (AvgIpc) is 2.14. The van der Waals surface area contributed by atoms with E-state index < -0.39 is 0 Å². The first-order valence-electron chi connectivity index (χ1n) is 5.18. The maximum absolute atomic E-state index is 10.7. The van der Waals surface area contributed by atoms with Gasteiger partial charge in [0.25, 0.3) is 0 Å². The molecule has 5 N–H and O–H groups in total. The third-order valence-electron chi connectivity index (χ3n) is 1.97. The van der Waals surface area contributed by atoms with Gasteiger partial charge in [-0.05, 0) is 6.92 Å². The van der Waals surface area contributed by atoms with Crippen LogP contribution >= 0.6 is 0 Å². The van der Waals surface area contributed by atoms with Crippen LogP contribution in [0.25, 0.3) is 0 Å². The van der Waals surface area contributed by atoms with Gasteiger partial charge in [0, 0.05) is 25.6 Å². The minimum absolute atomic E-state index is 0.114. The fourth-order valence-electron chi connectivity index (χ4n) is 1.39. The standard InChI is InChI=1S/C10H17N5O2/c1-6(3-8(12)16)13-9-4-7(11)14-10(15-9)5-17-2/h4,6H,3,5H2,1-2H3,(H2,12,16)(H3,11,13,14,15). The van der Waals surface area contributed by atoms with Gasteiger partial charge in [0.1, 0.15) is 18.2 Å². The Kier molecular flexibility index (Phi) is 4.65. The molecule has 0 aliphatic carbocycles. The van der Waals surface area contributed by atoms with Crippen molar-refractivity contribution in [3.63, 3.8) is 0 Å². The molecule has 0 fully saturated rings. The molecule has 7 heteroatoms.